The van der Waals surface area contributed by atoms with Crippen molar-refractivity contribution < 1.29 is 4.79 Å². The zero-order valence-corrected chi connectivity index (χ0v) is 12.6. The third-order valence-corrected chi connectivity index (χ3v) is 3.34. The molecule has 0 aliphatic heterocycles. The fourth-order valence-electron chi connectivity index (χ4n) is 1.93. The zero-order chi connectivity index (χ0) is 14.6. The maximum absolute atomic E-state index is 12.2. The van der Waals surface area contributed by atoms with Crippen molar-refractivity contribution in [1.82, 2.24) is 5.32 Å². The lowest BCUT2D eigenvalue weighted by atomic mass is 9.86. The van der Waals surface area contributed by atoms with E-state index in [2.05, 4.69) is 19.2 Å². The molecule has 0 aliphatic carbocycles. The zero-order valence-electron chi connectivity index (χ0n) is 12.6. The van der Waals surface area contributed by atoms with Crippen molar-refractivity contribution in [2.75, 3.05) is 0 Å². The van der Waals surface area contributed by atoms with Gasteiger partial charge in [0.25, 0.3) is 0 Å². The quantitative estimate of drug-likeness (QED) is 0.876. The van der Waals surface area contributed by atoms with Gasteiger partial charge < -0.3 is 11.1 Å². The molecular weight excluding hydrogens is 236 g/mol. The van der Waals surface area contributed by atoms with Gasteiger partial charge in [0.2, 0.25) is 5.91 Å². The Kier molecular flexibility index (Phi) is 5.12. The molecule has 0 radical (unpaired) electrons. The molecule has 19 heavy (non-hydrogen) atoms. The van der Waals surface area contributed by atoms with Gasteiger partial charge in [-0.1, -0.05) is 65.0 Å². The summed E-state index contributed by atoms with van der Waals surface area (Å²) in [6.45, 7) is 10.1. The van der Waals surface area contributed by atoms with Crippen molar-refractivity contribution in [3.63, 3.8) is 0 Å². The van der Waals surface area contributed by atoms with Crippen LogP contribution in [-0.4, -0.2) is 11.9 Å². The van der Waals surface area contributed by atoms with E-state index >= 15 is 0 Å². The van der Waals surface area contributed by atoms with Gasteiger partial charge in [0.15, 0.2) is 0 Å². The van der Waals surface area contributed by atoms with Crippen LogP contribution in [0.25, 0.3) is 0 Å². The largest absolute Gasteiger partial charge is 0.348 e. The smallest absolute Gasteiger partial charge is 0.237 e. The van der Waals surface area contributed by atoms with Crippen LogP contribution in [0, 0.1) is 11.3 Å². The lowest BCUT2D eigenvalue weighted by molar-refractivity contribution is -0.125. The number of nitrogens with one attached hydrogen (secondary N) is 1. The van der Waals surface area contributed by atoms with Gasteiger partial charge in [-0.25, -0.2) is 0 Å². The van der Waals surface area contributed by atoms with Crippen LogP contribution >= 0.6 is 0 Å². The molecule has 106 valence electrons. The average molecular weight is 262 g/mol. The summed E-state index contributed by atoms with van der Waals surface area (Å²) in [5.74, 6) is 0.230. The van der Waals surface area contributed by atoms with E-state index in [-0.39, 0.29) is 17.4 Å². The number of benzene rings is 1. The Labute approximate surface area is 116 Å². The van der Waals surface area contributed by atoms with Gasteiger partial charge in [0, 0.05) is 0 Å². The third kappa shape index (κ3) is 4.35. The Morgan fingerprint density at radius 1 is 1.16 bits per heavy atom. The lowest BCUT2D eigenvalue weighted by Gasteiger charge is -2.30. The number of nitrogens with two attached hydrogens (primary N) is 1. The van der Waals surface area contributed by atoms with Gasteiger partial charge in [0.05, 0.1) is 12.1 Å². The first kappa shape index (κ1) is 15.7. The summed E-state index contributed by atoms with van der Waals surface area (Å²) in [5.41, 5.74) is 6.89. The molecule has 3 N–H and O–H groups in total. The van der Waals surface area contributed by atoms with E-state index in [1.165, 1.54) is 0 Å². The minimum atomic E-state index is -0.502. The molecule has 1 amide bonds. The van der Waals surface area contributed by atoms with Crippen LogP contribution in [0.2, 0.25) is 0 Å². The minimum absolute atomic E-state index is 0.00194. The first-order chi connectivity index (χ1) is 8.73. The van der Waals surface area contributed by atoms with E-state index in [0.29, 0.717) is 5.92 Å². The molecule has 0 heterocycles. The van der Waals surface area contributed by atoms with E-state index in [1.54, 1.807) is 0 Å². The van der Waals surface area contributed by atoms with E-state index in [4.69, 9.17) is 5.73 Å². The molecule has 1 aromatic rings. The van der Waals surface area contributed by atoms with Crippen molar-refractivity contribution in [2.24, 2.45) is 17.1 Å². The molecule has 0 bridgehead atoms. The van der Waals surface area contributed by atoms with Gasteiger partial charge in [-0.15, -0.1) is 0 Å². The monoisotopic (exact) mass is 262 g/mol. The van der Waals surface area contributed by atoms with Crippen molar-refractivity contribution in [3.05, 3.63) is 35.9 Å². The highest BCUT2D eigenvalue weighted by Crippen LogP contribution is 2.23. The third-order valence-electron chi connectivity index (χ3n) is 3.34. The molecule has 2 atom stereocenters. The molecule has 0 saturated carbocycles. The number of carbonyl (C=O) groups is 1. The summed E-state index contributed by atoms with van der Waals surface area (Å²) in [4.78, 5) is 12.2. The predicted molar refractivity (Wildman–Crippen MR) is 79.6 cm³/mol. The Morgan fingerprint density at radius 2 is 1.68 bits per heavy atom. The molecule has 0 spiro atoms. The van der Waals surface area contributed by atoms with Gasteiger partial charge in [0.1, 0.15) is 0 Å². The van der Waals surface area contributed by atoms with Gasteiger partial charge in [-0.2, -0.15) is 0 Å². The van der Waals surface area contributed by atoms with E-state index < -0.39 is 6.04 Å². The molecule has 0 fully saturated rings. The summed E-state index contributed by atoms with van der Waals surface area (Å²) < 4.78 is 0. The first-order valence-corrected chi connectivity index (χ1v) is 6.84. The number of amides is 1. The second-order valence-corrected chi connectivity index (χ2v) is 6.48. The second kappa shape index (κ2) is 6.20. The molecule has 0 saturated heterocycles. The van der Waals surface area contributed by atoms with Crippen molar-refractivity contribution in [1.29, 1.82) is 0 Å². The molecule has 1 aromatic carbocycles. The van der Waals surface area contributed by atoms with Crippen LogP contribution < -0.4 is 11.1 Å². The fraction of sp³-hybridized carbons (Fsp3) is 0.562. The highest BCUT2D eigenvalue weighted by Gasteiger charge is 2.29. The topological polar surface area (TPSA) is 55.1 Å². The maximum Gasteiger partial charge on any atom is 0.237 e. The van der Waals surface area contributed by atoms with Gasteiger partial charge >= 0.3 is 0 Å². The summed E-state index contributed by atoms with van der Waals surface area (Å²) in [6, 6.07) is 9.52. The van der Waals surface area contributed by atoms with Crippen LogP contribution in [0.4, 0.5) is 0 Å². The van der Waals surface area contributed by atoms with Crippen LogP contribution in [0.15, 0.2) is 30.3 Å². The molecule has 3 nitrogen and oxygen atoms in total. The minimum Gasteiger partial charge on any atom is -0.348 e. The normalized spacial score (nSPS) is 15.1. The van der Waals surface area contributed by atoms with Crippen molar-refractivity contribution >= 4 is 5.91 Å². The van der Waals surface area contributed by atoms with Crippen LogP contribution in [0.1, 0.15) is 46.2 Å². The first-order valence-electron chi connectivity index (χ1n) is 6.84. The van der Waals surface area contributed by atoms with Crippen molar-refractivity contribution in [3.8, 4) is 0 Å². The molecule has 2 unspecified atom stereocenters. The summed E-state index contributed by atoms with van der Waals surface area (Å²) in [5, 5.41) is 3.08. The molecule has 1 rings (SSSR count). The van der Waals surface area contributed by atoms with Crippen LogP contribution in [0.5, 0.6) is 0 Å². The van der Waals surface area contributed by atoms with Crippen LogP contribution in [0.3, 0.4) is 0 Å². The average Bonchev–Trinajstić information content (AvgIpc) is 2.34. The van der Waals surface area contributed by atoms with E-state index in [1.807, 2.05) is 51.1 Å². The number of rotatable bonds is 4. The summed E-state index contributed by atoms with van der Waals surface area (Å²) in [7, 11) is 0. The van der Waals surface area contributed by atoms with Crippen molar-refractivity contribution in [2.45, 2.75) is 46.7 Å². The molecule has 3 heteroatoms. The Bertz CT molecular complexity index is 407. The lowest BCUT2D eigenvalue weighted by Crippen LogP contribution is -2.50. The highest BCUT2D eigenvalue weighted by atomic mass is 16.2. The summed E-state index contributed by atoms with van der Waals surface area (Å²) in [6.07, 6.45) is 0. The Balaban J connectivity index is 2.84. The standard InChI is InChI=1S/C16H26N2O/c1-11(2)13(12-9-7-6-8-10-12)18-15(19)14(17)16(3,4)5/h6-11,13-14H,17H2,1-5H3,(H,18,19). The Hall–Kier alpha value is -1.35. The molecular formula is C16H26N2O. The highest BCUT2D eigenvalue weighted by molar-refractivity contribution is 5.82. The SMILES string of the molecule is CC(C)C(NC(=O)C(N)C(C)(C)C)c1ccccc1. The van der Waals surface area contributed by atoms with E-state index in [0.717, 1.165) is 5.56 Å². The van der Waals surface area contributed by atoms with E-state index in [9.17, 15) is 4.79 Å². The predicted octanol–water partition coefficient (Wildman–Crippen LogP) is 2.87. The number of hydrogen-bond donors (Lipinski definition) is 2. The maximum atomic E-state index is 12.2. The van der Waals surface area contributed by atoms with Gasteiger partial charge in [-0.3, -0.25) is 4.79 Å². The fourth-order valence-corrected chi connectivity index (χ4v) is 1.93. The second-order valence-electron chi connectivity index (χ2n) is 6.48. The van der Waals surface area contributed by atoms with Gasteiger partial charge in [-0.05, 0) is 16.9 Å². The summed E-state index contributed by atoms with van der Waals surface area (Å²) >= 11 is 0. The van der Waals surface area contributed by atoms with Crippen LogP contribution in [-0.2, 0) is 4.79 Å². The molecule has 0 aromatic heterocycles. The number of hydrogen-bond acceptors (Lipinski definition) is 2. The number of carbonyl (C=O) groups excluding carboxylic acids is 1. The Morgan fingerprint density at radius 3 is 2.11 bits per heavy atom. The molecule has 0 aliphatic rings.